The first-order chi connectivity index (χ1) is 8.33. The smallest absolute Gasteiger partial charge is 0.233 e. The van der Waals surface area contributed by atoms with E-state index in [1.165, 1.54) is 0 Å². The summed E-state index contributed by atoms with van der Waals surface area (Å²) < 4.78 is 33.6. The van der Waals surface area contributed by atoms with Crippen molar-refractivity contribution < 1.29 is 17.9 Å². The van der Waals surface area contributed by atoms with Crippen molar-refractivity contribution in [1.82, 2.24) is 0 Å². The van der Waals surface area contributed by atoms with E-state index in [0.29, 0.717) is 45.2 Å². The minimum absolute atomic E-state index is 0.0212. The van der Waals surface area contributed by atoms with Crippen LogP contribution in [0.5, 0.6) is 0 Å². The molecule has 1 fully saturated rings. The van der Waals surface area contributed by atoms with Gasteiger partial charge in [0.2, 0.25) is 9.05 Å². The second-order valence-electron chi connectivity index (χ2n) is 5.53. The Bertz CT molecular complexity index is 334. The fraction of sp³-hybridized carbons (Fsp3) is 1.00. The van der Waals surface area contributed by atoms with E-state index >= 15 is 0 Å². The molecule has 0 atom stereocenters. The minimum Gasteiger partial charge on any atom is -0.381 e. The van der Waals surface area contributed by atoms with Crippen LogP contribution >= 0.6 is 10.7 Å². The number of hydrogen-bond donors (Lipinski definition) is 0. The quantitative estimate of drug-likeness (QED) is 0.535. The summed E-state index contributed by atoms with van der Waals surface area (Å²) in [5.41, 5.74) is -0.365. The molecule has 1 heterocycles. The molecule has 1 aliphatic heterocycles. The molecule has 0 saturated carbocycles. The molecule has 108 valence electrons. The molecule has 0 bridgehead atoms. The van der Waals surface area contributed by atoms with E-state index in [4.69, 9.17) is 20.2 Å². The standard InChI is InChI=1S/C12H23ClO4S/c1-11(2)3-6-17-9-12(10-18(13,14)15)4-7-16-8-5-12/h11H,3-10H2,1-2H3. The van der Waals surface area contributed by atoms with Crippen LogP contribution < -0.4 is 0 Å². The van der Waals surface area contributed by atoms with Gasteiger partial charge in [-0.2, -0.15) is 0 Å². The Balaban J connectivity index is 2.50. The van der Waals surface area contributed by atoms with Crippen LogP contribution in [0.2, 0.25) is 0 Å². The molecular weight excluding hydrogens is 276 g/mol. The lowest BCUT2D eigenvalue weighted by Crippen LogP contribution is -2.39. The van der Waals surface area contributed by atoms with Crippen LogP contribution in [0.15, 0.2) is 0 Å². The molecule has 0 spiro atoms. The third-order valence-corrected chi connectivity index (χ3v) is 4.56. The van der Waals surface area contributed by atoms with Crippen LogP contribution in [0.25, 0.3) is 0 Å². The maximum absolute atomic E-state index is 11.3. The van der Waals surface area contributed by atoms with Gasteiger partial charge in [-0.15, -0.1) is 0 Å². The van der Waals surface area contributed by atoms with Gasteiger partial charge in [-0.25, -0.2) is 8.42 Å². The highest BCUT2D eigenvalue weighted by atomic mass is 35.7. The van der Waals surface area contributed by atoms with Gasteiger partial charge >= 0.3 is 0 Å². The van der Waals surface area contributed by atoms with E-state index < -0.39 is 9.05 Å². The molecule has 4 nitrogen and oxygen atoms in total. The third kappa shape index (κ3) is 6.36. The summed E-state index contributed by atoms with van der Waals surface area (Å²) in [5.74, 6) is 0.569. The van der Waals surface area contributed by atoms with Crippen LogP contribution in [0.3, 0.4) is 0 Å². The van der Waals surface area contributed by atoms with E-state index in [-0.39, 0.29) is 11.2 Å². The van der Waals surface area contributed by atoms with Crippen molar-refractivity contribution in [2.75, 3.05) is 32.2 Å². The summed E-state index contributed by atoms with van der Waals surface area (Å²) >= 11 is 0. The lowest BCUT2D eigenvalue weighted by atomic mass is 9.83. The number of halogens is 1. The number of hydrogen-bond acceptors (Lipinski definition) is 4. The summed E-state index contributed by atoms with van der Waals surface area (Å²) in [6, 6.07) is 0. The predicted molar refractivity (Wildman–Crippen MR) is 72.4 cm³/mol. The van der Waals surface area contributed by atoms with Gasteiger partial charge in [0, 0.05) is 35.9 Å². The maximum atomic E-state index is 11.3. The molecule has 0 N–H and O–H groups in total. The maximum Gasteiger partial charge on any atom is 0.233 e. The Morgan fingerprint density at radius 1 is 1.33 bits per heavy atom. The van der Waals surface area contributed by atoms with Crippen molar-refractivity contribution in [3.8, 4) is 0 Å². The molecule has 1 rings (SSSR count). The molecule has 6 heteroatoms. The van der Waals surface area contributed by atoms with Crippen LogP contribution in [-0.4, -0.2) is 40.6 Å². The van der Waals surface area contributed by atoms with Gasteiger partial charge in [-0.05, 0) is 25.2 Å². The van der Waals surface area contributed by atoms with Gasteiger partial charge in [0.25, 0.3) is 0 Å². The van der Waals surface area contributed by atoms with Gasteiger partial charge in [0.1, 0.15) is 0 Å². The molecular formula is C12H23ClO4S. The first-order valence-corrected chi connectivity index (χ1v) is 8.89. The predicted octanol–water partition coefficient (Wildman–Crippen LogP) is 2.41. The molecule has 0 amide bonds. The van der Waals surface area contributed by atoms with Gasteiger partial charge in [-0.3, -0.25) is 0 Å². The largest absolute Gasteiger partial charge is 0.381 e. The van der Waals surface area contributed by atoms with Gasteiger partial charge in [0.15, 0.2) is 0 Å². The molecule has 1 aliphatic rings. The zero-order valence-corrected chi connectivity index (χ0v) is 12.7. The van der Waals surface area contributed by atoms with Crippen LogP contribution in [0.1, 0.15) is 33.1 Å². The fourth-order valence-corrected chi connectivity index (χ4v) is 3.91. The Labute approximate surface area is 114 Å². The molecule has 1 saturated heterocycles. The molecule has 0 aromatic rings. The van der Waals surface area contributed by atoms with Gasteiger partial charge in [0.05, 0.1) is 12.4 Å². The molecule has 0 aromatic heterocycles. The fourth-order valence-electron chi connectivity index (χ4n) is 2.11. The monoisotopic (exact) mass is 298 g/mol. The van der Waals surface area contributed by atoms with Gasteiger partial charge in [-0.1, -0.05) is 13.8 Å². The van der Waals surface area contributed by atoms with Crippen molar-refractivity contribution in [2.45, 2.75) is 33.1 Å². The summed E-state index contributed by atoms with van der Waals surface area (Å²) in [6.45, 7) is 6.56. The number of rotatable bonds is 7. The highest BCUT2D eigenvalue weighted by molar-refractivity contribution is 8.13. The first kappa shape index (κ1) is 16.2. The summed E-state index contributed by atoms with van der Waals surface area (Å²) in [6.07, 6.45) is 2.38. The Kier molecular flexibility index (Phi) is 6.38. The molecule has 0 radical (unpaired) electrons. The average Bonchev–Trinajstić information content (AvgIpc) is 2.23. The lowest BCUT2D eigenvalue weighted by Gasteiger charge is -2.35. The topological polar surface area (TPSA) is 52.6 Å². The van der Waals surface area contributed by atoms with E-state index in [1.807, 2.05) is 0 Å². The van der Waals surface area contributed by atoms with Crippen LogP contribution in [-0.2, 0) is 18.5 Å². The van der Waals surface area contributed by atoms with Crippen LogP contribution in [0.4, 0.5) is 0 Å². The van der Waals surface area contributed by atoms with Crippen molar-refractivity contribution in [2.24, 2.45) is 11.3 Å². The van der Waals surface area contributed by atoms with E-state index in [2.05, 4.69) is 13.8 Å². The SMILES string of the molecule is CC(C)CCOCC1(CS(=O)(=O)Cl)CCOCC1. The highest BCUT2D eigenvalue weighted by Crippen LogP contribution is 2.33. The van der Waals surface area contributed by atoms with Gasteiger partial charge < -0.3 is 9.47 Å². The molecule has 18 heavy (non-hydrogen) atoms. The normalized spacial score (nSPS) is 20.2. The van der Waals surface area contributed by atoms with Crippen LogP contribution in [0, 0.1) is 11.3 Å². The third-order valence-electron chi connectivity index (χ3n) is 3.28. The molecule has 0 aliphatic carbocycles. The van der Waals surface area contributed by atoms with Crippen molar-refractivity contribution in [1.29, 1.82) is 0 Å². The van der Waals surface area contributed by atoms with E-state index in [1.54, 1.807) is 0 Å². The van der Waals surface area contributed by atoms with Crippen molar-refractivity contribution >= 4 is 19.7 Å². The summed E-state index contributed by atoms with van der Waals surface area (Å²) in [4.78, 5) is 0. The zero-order valence-electron chi connectivity index (χ0n) is 11.2. The minimum atomic E-state index is -3.50. The first-order valence-electron chi connectivity index (χ1n) is 6.41. The number of ether oxygens (including phenoxy) is 2. The highest BCUT2D eigenvalue weighted by Gasteiger charge is 2.37. The lowest BCUT2D eigenvalue weighted by molar-refractivity contribution is -0.0294. The summed E-state index contributed by atoms with van der Waals surface area (Å²) in [7, 11) is 1.90. The van der Waals surface area contributed by atoms with Crippen molar-refractivity contribution in [3.63, 3.8) is 0 Å². The summed E-state index contributed by atoms with van der Waals surface area (Å²) in [5, 5.41) is 0. The van der Waals surface area contributed by atoms with Crippen molar-refractivity contribution in [3.05, 3.63) is 0 Å². The Hall–Kier alpha value is 0.160. The zero-order chi connectivity index (χ0) is 13.6. The average molecular weight is 299 g/mol. The Morgan fingerprint density at radius 2 is 1.94 bits per heavy atom. The molecule has 0 unspecified atom stereocenters. The second-order valence-corrected chi connectivity index (χ2v) is 8.31. The Morgan fingerprint density at radius 3 is 2.44 bits per heavy atom. The second kappa shape index (κ2) is 7.08. The van der Waals surface area contributed by atoms with E-state index in [0.717, 1.165) is 6.42 Å². The molecule has 0 aromatic carbocycles. The van der Waals surface area contributed by atoms with E-state index in [9.17, 15) is 8.42 Å².